The third kappa shape index (κ3) is 3.86. The van der Waals surface area contributed by atoms with Crippen LogP contribution >= 0.6 is 11.6 Å². The van der Waals surface area contributed by atoms with Crippen molar-refractivity contribution in [2.24, 2.45) is 5.92 Å². The fourth-order valence-electron chi connectivity index (χ4n) is 3.87. The van der Waals surface area contributed by atoms with Gasteiger partial charge in [0, 0.05) is 11.6 Å². The lowest BCUT2D eigenvalue weighted by molar-refractivity contribution is 0.420. The first-order chi connectivity index (χ1) is 12.7. The fourth-order valence-corrected chi connectivity index (χ4v) is 3.99. The Morgan fingerprint density at radius 2 is 1.85 bits per heavy atom. The van der Waals surface area contributed by atoms with Gasteiger partial charge in [-0.05, 0) is 67.2 Å². The summed E-state index contributed by atoms with van der Waals surface area (Å²) in [6.07, 6.45) is 11.3. The van der Waals surface area contributed by atoms with E-state index in [4.69, 9.17) is 16.6 Å². The van der Waals surface area contributed by atoms with Crippen LogP contribution in [0.5, 0.6) is 0 Å². The van der Waals surface area contributed by atoms with Gasteiger partial charge in [-0.25, -0.2) is 4.98 Å². The Morgan fingerprint density at radius 1 is 1.08 bits per heavy atom. The molecular formula is C23H25ClN2. The summed E-state index contributed by atoms with van der Waals surface area (Å²) in [5.74, 6) is 1.75. The predicted octanol–water partition coefficient (Wildman–Crippen LogP) is 6.64. The Labute approximate surface area is 160 Å². The summed E-state index contributed by atoms with van der Waals surface area (Å²) in [5, 5.41) is 0.775. The normalized spacial score (nSPS) is 15.9. The van der Waals surface area contributed by atoms with Crippen molar-refractivity contribution in [1.29, 1.82) is 0 Å². The van der Waals surface area contributed by atoms with Gasteiger partial charge in [0.05, 0.1) is 11.0 Å². The van der Waals surface area contributed by atoms with E-state index in [-0.39, 0.29) is 0 Å². The first kappa shape index (κ1) is 17.4. The van der Waals surface area contributed by atoms with E-state index in [9.17, 15) is 0 Å². The van der Waals surface area contributed by atoms with Gasteiger partial charge in [-0.15, -0.1) is 0 Å². The molecule has 26 heavy (non-hydrogen) atoms. The number of nitrogens with zero attached hydrogens (tertiary/aromatic N) is 2. The number of hydrogen-bond acceptors (Lipinski definition) is 1. The number of aromatic nitrogens is 2. The van der Waals surface area contributed by atoms with Gasteiger partial charge in [-0.3, -0.25) is 0 Å². The molecule has 0 N–H and O–H groups in total. The fraction of sp³-hybridized carbons (Fsp3) is 0.348. The Kier molecular flexibility index (Phi) is 5.12. The van der Waals surface area contributed by atoms with E-state index in [2.05, 4.69) is 54.0 Å². The first-order valence-corrected chi connectivity index (χ1v) is 9.96. The van der Waals surface area contributed by atoms with Crippen molar-refractivity contribution in [3.63, 3.8) is 0 Å². The van der Waals surface area contributed by atoms with Crippen molar-refractivity contribution in [2.45, 2.75) is 45.6 Å². The number of rotatable bonds is 4. The van der Waals surface area contributed by atoms with E-state index in [1.54, 1.807) is 0 Å². The van der Waals surface area contributed by atoms with E-state index in [0.29, 0.717) is 5.92 Å². The number of imidazole rings is 1. The number of aryl methyl sites for hydroxylation is 1. The minimum absolute atomic E-state index is 0.703. The van der Waals surface area contributed by atoms with Gasteiger partial charge in [0.2, 0.25) is 0 Å². The van der Waals surface area contributed by atoms with Crippen molar-refractivity contribution in [1.82, 2.24) is 9.55 Å². The van der Waals surface area contributed by atoms with Crippen LogP contribution in [-0.4, -0.2) is 9.55 Å². The molecule has 3 aromatic rings. The molecule has 1 fully saturated rings. The molecule has 0 aliphatic heterocycles. The molecule has 1 aliphatic rings. The number of benzene rings is 2. The van der Waals surface area contributed by atoms with Crippen LogP contribution in [0.15, 0.2) is 48.5 Å². The molecule has 0 atom stereocenters. The van der Waals surface area contributed by atoms with Crippen LogP contribution in [0.25, 0.3) is 17.1 Å². The standard InChI is InChI=1S/C23H25ClN2/c1-17-7-13-21-22(15-17)26(16-19-8-11-20(24)12-9-19)23(25-21)14-10-18-5-3-2-4-6-18/h7-15,18H,2-6,16H2,1H3/b14-10+. The van der Waals surface area contributed by atoms with Crippen LogP contribution < -0.4 is 0 Å². The van der Waals surface area contributed by atoms with Crippen LogP contribution in [0.2, 0.25) is 5.02 Å². The zero-order valence-corrected chi connectivity index (χ0v) is 16.0. The second-order valence-electron chi connectivity index (χ2n) is 7.43. The van der Waals surface area contributed by atoms with Crippen LogP contribution in [-0.2, 0) is 6.54 Å². The largest absolute Gasteiger partial charge is 0.320 e. The average Bonchev–Trinajstić information content (AvgIpc) is 2.99. The molecule has 0 bridgehead atoms. The second-order valence-corrected chi connectivity index (χ2v) is 7.87. The highest BCUT2D eigenvalue weighted by Crippen LogP contribution is 2.26. The van der Waals surface area contributed by atoms with Gasteiger partial charge in [0.15, 0.2) is 0 Å². The van der Waals surface area contributed by atoms with Gasteiger partial charge in [0.1, 0.15) is 5.82 Å². The molecule has 2 nitrogen and oxygen atoms in total. The summed E-state index contributed by atoms with van der Waals surface area (Å²) < 4.78 is 2.32. The Bertz CT molecular complexity index is 915. The molecule has 1 heterocycles. The maximum Gasteiger partial charge on any atom is 0.133 e. The monoisotopic (exact) mass is 364 g/mol. The Hall–Kier alpha value is -2.06. The zero-order chi connectivity index (χ0) is 17.9. The number of fused-ring (bicyclic) bond motifs is 1. The van der Waals surface area contributed by atoms with Crippen molar-refractivity contribution >= 4 is 28.7 Å². The Morgan fingerprint density at radius 3 is 2.62 bits per heavy atom. The van der Waals surface area contributed by atoms with Gasteiger partial charge in [0.25, 0.3) is 0 Å². The maximum absolute atomic E-state index is 6.05. The molecular weight excluding hydrogens is 340 g/mol. The average molecular weight is 365 g/mol. The maximum atomic E-state index is 6.05. The summed E-state index contributed by atoms with van der Waals surface area (Å²) in [7, 11) is 0. The summed E-state index contributed by atoms with van der Waals surface area (Å²) in [4.78, 5) is 4.90. The smallest absolute Gasteiger partial charge is 0.133 e. The SMILES string of the molecule is Cc1ccc2nc(/C=C/C3CCCCC3)n(Cc3ccc(Cl)cc3)c2c1. The van der Waals surface area contributed by atoms with Gasteiger partial charge >= 0.3 is 0 Å². The van der Waals surface area contributed by atoms with Crippen LogP contribution in [0.3, 0.4) is 0 Å². The molecule has 1 saturated carbocycles. The van der Waals surface area contributed by atoms with E-state index >= 15 is 0 Å². The highest BCUT2D eigenvalue weighted by molar-refractivity contribution is 6.30. The molecule has 0 amide bonds. The van der Waals surface area contributed by atoms with Gasteiger partial charge in [-0.2, -0.15) is 0 Å². The van der Waals surface area contributed by atoms with Crippen molar-refractivity contribution < 1.29 is 0 Å². The highest BCUT2D eigenvalue weighted by atomic mass is 35.5. The summed E-state index contributed by atoms with van der Waals surface area (Å²) >= 11 is 6.05. The lowest BCUT2D eigenvalue weighted by Crippen LogP contribution is -2.04. The van der Waals surface area contributed by atoms with Crippen LogP contribution in [0, 0.1) is 12.8 Å². The quantitative estimate of drug-likeness (QED) is 0.507. The van der Waals surface area contributed by atoms with Crippen molar-refractivity contribution in [3.8, 4) is 0 Å². The zero-order valence-electron chi connectivity index (χ0n) is 15.3. The molecule has 2 aromatic carbocycles. The highest BCUT2D eigenvalue weighted by Gasteiger charge is 2.13. The van der Waals surface area contributed by atoms with Gasteiger partial charge < -0.3 is 4.57 Å². The van der Waals surface area contributed by atoms with Gasteiger partial charge in [-0.1, -0.05) is 55.1 Å². The lowest BCUT2D eigenvalue weighted by Gasteiger charge is -2.17. The molecule has 1 aliphatic carbocycles. The molecule has 0 radical (unpaired) electrons. The third-order valence-corrected chi connectivity index (χ3v) is 5.61. The molecule has 0 unspecified atom stereocenters. The van der Waals surface area contributed by atoms with E-state index in [1.807, 2.05) is 12.1 Å². The molecule has 0 saturated heterocycles. The van der Waals surface area contributed by atoms with E-state index < -0.39 is 0 Å². The topological polar surface area (TPSA) is 17.8 Å². The number of hydrogen-bond donors (Lipinski definition) is 0. The van der Waals surface area contributed by atoms with Crippen LogP contribution in [0.1, 0.15) is 49.1 Å². The second kappa shape index (κ2) is 7.67. The third-order valence-electron chi connectivity index (χ3n) is 5.35. The molecule has 1 aromatic heterocycles. The molecule has 0 spiro atoms. The number of allylic oxidation sites excluding steroid dienone is 1. The summed E-state index contributed by atoms with van der Waals surface area (Å²) in [5.41, 5.74) is 4.76. The molecule has 3 heteroatoms. The Balaban J connectivity index is 1.70. The lowest BCUT2D eigenvalue weighted by atomic mass is 9.89. The van der Waals surface area contributed by atoms with Crippen molar-refractivity contribution in [3.05, 3.63) is 70.5 Å². The number of halogens is 1. The predicted molar refractivity (Wildman–Crippen MR) is 111 cm³/mol. The van der Waals surface area contributed by atoms with Crippen molar-refractivity contribution in [2.75, 3.05) is 0 Å². The summed E-state index contributed by atoms with van der Waals surface area (Å²) in [6, 6.07) is 14.6. The van der Waals surface area contributed by atoms with Crippen LogP contribution in [0.4, 0.5) is 0 Å². The molecule has 134 valence electrons. The first-order valence-electron chi connectivity index (χ1n) is 9.58. The summed E-state index contributed by atoms with van der Waals surface area (Å²) in [6.45, 7) is 2.94. The minimum Gasteiger partial charge on any atom is -0.320 e. The van der Waals surface area contributed by atoms with E-state index in [1.165, 1.54) is 48.7 Å². The molecule has 4 rings (SSSR count). The minimum atomic E-state index is 0.703. The van der Waals surface area contributed by atoms with E-state index in [0.717, 1.165) is 22.9 Å².